The summed E-state index contributed by atoms with van der Waals surface area (Å²) in [6.45, 7) is 0. The van der Waals surface area contributed by atoms with E-state index in [2.05, 4.69) is 15.5 Å². The van der Waals surface area contributed by atoms with Crippen LogP contribution in [0.2, 0.25) is 0 Å². The average Bonchev–Trinajstić information content (AvgIpc) is 2.79. The Balaban J connectivity index is 2.36. The van der Waals surface area contributed by atoms with Crippen LogP contribution in [0.3, 0.4) is 0 Å². The first-order chi connectivity index (χ1) is 7.22. The van der Waals surface area contributed by atoms with E-state index < -0.39 is 0 Å². The molecule has 15 heavy (non-hydrogen) atoms. The highest BCUT2D eigenvalue weighted by Gasteiger charge is 2.17. The summed E-state index contributed by atoms with van der Waals surface area (Å²) in [5, 5.41) is 4.10. The fourth-order valence-electron chi connectivity index (χ4n) is 1.57. The zero-order valence-electron chi connectivity index (χ0n) is 8.75. The number of imidazole rings is 1. The molecular weight excluding hydrogens is 192 g/mol. The number of nitrogens with one attached hydrogen (secondary N) is 1. The second-order valence-electron chi connectivity index (χ2n) is 3.44. The molecule has 2 aromatic heterocycles. The molecule has 2 aromatic rings. The van der Waals surface area contributed by atoms with Gasteiger partial charge in [0.25, 0.3) is 0 Å². The molecule has 0 saturated carbocycles. The van der Waals surface area contributed by atoms with Crippen molar-refractivity contribution in [1.82, 2.24) is 24.8 Å². The molecule has 0 aromatic carbocycles. The Hall–Kier alpha value is -1.66. The first kappa shape index (κ1) is 9.88. The summed E-state index contributed by atoms with van der Waals surface area (Å²) in [5.74, 6) is 5.53. The SMILES string of the molecule is Cn1cnc(C(NN)c2ccnn2C)c1. The molecule has 0 amide bonds. The first-order valence-electron chi connectivity index (χ1n) is 4.64. The number of aromatic nitrogens is 4. The molecule has 0 aliphatic rings. The highest BCUT2D eigenvalue weighted by atomic mass is 15.3. The largest absolute Gasteiger partial charge is 0.340 e. The molecule has 0 aliphatic heterocycles. The van der Waals surface area contributed by atoms with Crippen molar-refractivity contribution < 1.29 is 0 Å². The maximum absolute atomic E-state index is 5.53. The van der Waals surface area contributed by atoms with Gasteiger partial charge in [0.2, 0.25) is 0 Å². The van der Waals surface area contributed by atoms with Gasteiger partial charge in [0, 0.05) is 26.5 Å². The van der Waals surface area contributed by atoms with Crippen LogP contribution in [-0.4, -0.2) is 19.3 Å². The van der Waals surface area contributed by atoms with Crippen molar-refractivity contribution in [1.29, 1.82) is 0 Å². The monoisotopic (exact) mass is 206 g/mol. The van der Waals surface area contributed by atoms with Crippen molar-refractivity contribution in [2.75, 3.05) is 0 Å². The van der Waals surface area contributed by atoms with Crippen LogP contribution in [-0.2, 0) is 14.1 Å². The highest BCUT2D eigenvalue weighted by molar-refractivity contribution is 5.19. The normalized spacial score (nSPS) is 13.0. The van der Waals surface area contributed by atoms with Crippen LogP contribution in [0.25, 0.3) is 0 Å². The molecule has 1 unspecified atom stereocenters. The molecule has 0 aliphatic carbocycles. The molecule has 0 radical (unpaired) electrons. The molecule has 6 heteroatoms. The van der Waals surface area contributed by atoms with E-state index in [1.807, 2.05) is 30.9 Å². The van der Waals surface area contributed by atoms with E-state index in [1.54, 1.807) is 17.2 Å². The van der Waals surface area contributed by atoms with Crippen LogP contribution in [0.5, 0.6) is 0 Å². The molecule has 0 spiro atoms. The second-order valence-corrected chi connectivity index (χ2v) is 3.44. The van der Waals surface area contributed by atoms with Crippen molar-refractivity contribution >= 4 is 0 Å². The third-order valence-electron chi connectivity index (χ3n) is 2.34. The maximum Gasteiger partial charge on any atom is 0.106 e. The van der Waals surface area contributed by atoms with Gasteiger partial charge in [-0.3, -0.25) is 10.5 Å². The minimum Gasteiger partial charge on any atom is -0.340 e. The Bertz CT molecular complexity index is 443. The van der Waals surface area contributed by atoms with Gasteiger partial charge in [0.1, 0.15) is 6.04 Å². The summed E-state index contributed by atoms with van der Waals surface area (Å²) in [7, 11) is 3.80. The number of hydrogen-bond acceptors (Lipinski definition) is 4. The fraction of sp³-hybridized carbons (Fsp3) is 0.333. The van der Waals surface area contributed by atoms with E-state index in [0.29, 0.717) is 0 Å². The van der Waals surface area contributed by atoms with E-state index in [0.717, 1.165) is 11.4 Å². The number of nitrogens with two attached hydrogens (primary N) is 1. The number of nitrogens with zero attached hydrogens (tertiary/aromatic N) is 4. The predicted molar refractivity (Wildman–Crippen MR) is 55.6 cm³/mol. The van der Waals surface area contributed by atoms with Gasteiger partial charge in [-0.2, -0.15) is 5.10 Å². The number of aryl methyl sites for hydroxylation is 2. The summed E-state index contributed by atoms with van der Waals surface area (Å²) in [6.07, 6.45) is 5.41. The van der Waals surface area contributed by atoms with Crippen LogP contribution in [0.1, 0.15) is 17.4 Å². The zero-order valence-corrected chi connectivity index (χ0v) is 8.75. The van der Waals surface area contributed by atoms with Crippen molar-refractivity contribution in [2.45, 2.75) is 6.04 Å². The smallest absolute Gasteiger partial charge is 0.106 e. The van der Waals surface area contributed by atoms with Crippen molar-refractivity contribution in [3.63, 3.8) is 0 Å². The number of rotatable bonds is 3. The van der Waals surface area contributed by atoms with Crippen LogP contribution in [0.15, 0.2) is 24.8 Å². The summed E-state index contributed by atoms with van der Waals surface area (Å²) >= 11 is 0. The lowest BCUT2D eigenvalue weighted by atomic mass is 10.1. The second kappa shape index (κ2) is 3.84. The lowest BCUT2D eigenvalue weighted by Gasteiger charge is -2.13. The molecule has 2 heterocycles. The van der Waals surface area contributed by atoms with Crippen molar-refractivity contribution in [3.8, 4) is 0 Å². The predicted octanol–water partition coefficient (Wildman–Crippen LogP) is -0.294. The Morgan fingerprint density at radius 2 is 2.27 bits per heavy atom. The number of hydrazine groups is 1. The first-order valence-corrected chi connectivity index (χ1v) is 4.64. The molecule has 2 rings (SSSR count). The van der Waals surface area contributed by atoms with Crippen LogP contribution in [0, 0.1) is 0 Å². The Labute approximate surface area is 87.7 Å². The summed E-state index contributed by atoms with van der Waals surface area (Å²) in [4.78, 5) is 4.26. The maximum atomic E-state index is 5.53. The Morgan fingerprint density at radius 1 is 1.47 bits per heavy atom. The van der Waals surface area contributed by atoms with Gasteiger partial charge in [0.15, 0.2) is 0 Å². The fourth-order valence-corrected chi connectivity index (χ4v) is 1.57. The lowest BCUT2D eigenvalue weighted by Crippen LogP contribution is -2.30. The molecule has 80 valence electrons. The summed E-state index contributed by atoms with van der Waals surface area (Å²) in [5.41, 5.74) is 4.60. The van der Waals surface area contributed by atoms with Crippen molar-refractivity contribution in [2.24, 2.45) is 19.9 Å². The van der Waals surface area contributed by atoms with Gasteiger partial charge in [0.05, 0.1) is 17.7 Å². The van der Waals surface area contributed by atoms with Crippen molar-refractivity contribution in [3.05, 3.63) is 36.2 Å². The minimum atomic E-state index is -0.126. The Kier molecular flexibility index (Phi) is 2.53. The third-order valence-corrected chi connectivity index (χ3v) is 2.34. The molecule has 3 N–H and O–H groups in total. The van der Waals surface area contributed by atoms with Gasteiger partial charge in [-0.15, -0.1) is 0 Å². The molecule has 6 nitrogen and oxygen atoms in total. The van der Waals surface area contributed by atoms with E-state index in [1.165, 1.54) is 0 Å². The molecule has 0 saturated heterocycles. The zero-order chi connectivity index (χ0) is 10.8. The van der Waals surface area contributed by atoms with Gasteiger partial charge in [-0.25, -0.2) is 10.4 Å². The standard InChI is InChI=1S/C9H14N6/c1-14-5-7(11-6-14)9(13-10)8-3-4-12-15(8)2/h3-6,9,13H,10H2,1-2H3. The van der Waals surface area contributed by atoms with E-state index >= 15 is 0 Å². The van der Waals surface area contributed by atoms with E-state index in [4.69, 9.17) is 5.84 Å². The van der Waals surface area contributed by atoms with Crippen LogP contribution >= 0.6 is 0 Å². The van der Waals surface area contributed by atoms with Crippen LogP contribution in [0.4, 0.5) is 0 Å². The van der Waals surface area contributed by atoms with E-state index in [9.17, 15) is 0 Å². The Morgan fingerprint density at radius 3 is 2.73 bits per heavy atom. The van der Waals surface area contributed by atoms with Gasteiger partial charge in [-0.05, 0) is 6.07 Å². The topological polar surface area (TPSA) is 73.7 Å². The third kappa shape index (κ3) is 1.77. The van der Waals surface area contributed by atoms with Crippen LogP contribution < -0.4 is 11.3 Å². The minimum absolute atomic E-state index is 0.126. The highest BCUT2D eigenvalue weighted by Crippen LogP contribution is 2.18. The molecule has 1 atom stereocenters. The van der Waals surface area contributed by atoms with Gasteiger partial charge < -0.3 is 4.57 Å². The molecule has 0 fully saturated rings. The van der Waals surface area contributed by atoms with E-state index in [-0.39, 0.29) is 6.04 Å². The summed E-state index contributed by atoms with van der Waals surface area (Å²) in [6, 6.07) is 1.79. The van der Waals surface area contributed by atoms with Gasteiger partial charge in [-0.1, -0.05) is 0 Å². The van der Waals surface area contributed by atoms with Gasteiger partial charge >= 0.3 is 0 Å². The summed E-state index contributed by atoms with van der Waals surface area (Å²) < 4.78 is 3.66. The molecular formula is C9H14N6. The lowest BCUT2D eigenvalue weighted by molar-refractivity contribution is 0.565. The molecule has 0 bridgehead atoms. The average molecular weight is 206 g/mol. The quantitative estimate of drug-likeness (QED) is 0.534. The number of hydrogen-bond donors (Lipinski definition) is 2.